The number of ketones is 1. The van der Waals surface area contributed by atoms with Gasteiger partial charge >= 0.3 is 0 Å². The lowest BCUT2D eigenvalue weighted by Gasteiger charge is -2.20. The summed E-state index contributed by atoms with van der Waals surface area (Å²) in [5, 5.41) is 4.05. The quantitative estimate of drug-likeness (QED) is 0.480. The fourth-order valence-corrected chi connectivity index (χ4v) is 3.30. The zero-order valence-electron chi connectivity index (χ0n) is 14.3. The van der Waals surface area contributed by atoms with Gasteiger partial charge in [0.15, 0.2) is 5.78 Å². The molecule has 1 N–H and O–H groups in total. The summed E-state index contributed by atoms with van der Waals surface area (Å²) in [6.07, 6.45) is 0. The molecule has 1 aliphatic carbocycles. The minimum atomic E-state index is -0.191. The van der Waals surface area contributed by atoms with E-state index in [4.69, 9.17) is 16.0 Å². The Bertz CT molecular complexity index is 978. The second kappa shape index (κ2) is 5.50. The Morgan fingerprint density at radius 1 is 0.920 bits per heavy atom. The van der Waals surface area contributed by atoms with Crippen LogP contribution in [-0.2, 0) is 0 Å². The number of hydrogen-bond acceptors (Lipinski definition) is 3. The van der Waals surface area contributed by atoms with E-state index < -0.39 is 0 Å². The van der Waals surface area contributed by atoms with Crippen LogP contribution in [0.5, 0.6) is 0 Å². The van der Waals surface area contributed by atoms with E-state index in [1.807, 2.05) is 36.4 Å². The second-order valence-corrected chi connectivity index (χ2v) is 7.70. The fraction of sp³-hybridized carbons (Fsp3) is 0.190. The Balaban J connectivity index is 1.97. The van der Waals surface area contributed by atoms with E-state index in [1.54, 1.807) is 12.1 Å². The number of carbonyl (C=O) groups is 1. The minimum Gasteiger partial charge on any atom is -0.439 e. The van der Waals surface area contributed by atoms with Crippen molar-refractivity contribution < 1.29 is 9.21 Å². The summed E-state index contributed by atoms with van der Waals surface area (Å²) in [6, 6.07) is 15.0. The first-order valence-corrected chi connectivity index (χ1v) is 8.58. The molecule has 4 rings (SSSR count). The van der Waals surface area contributed by atoms with Crippen LogP contribution in [-0.4, -0.2) is 11.3 Å². The SMILES string of the molecule is CC(C)(C)Nc1oc(-c2ccc(Cl)cc2)c2c1-c1ccccc1C2=O. The summed E-state index contributed by atoms with van der Waals surface area (Å²) in [7, 11) is 0. The molecule has 4 heteroatoms. The van der Waals surface area contributed by atoms with Crippen LogP contribution in [0.25, 0.3) is 22.5 Å². The Labute approximate surface area is 151 Å². The number of halogens is 1. The van der Waals surface area contributed by atoms with Gasteiger partial charge in [-0.1, -0.05) is 35.9 Å². The number of nitrogens with one attached hydrogen (secondary N) is 1. The lowest BCUT2D eigenvalue weighted by Crippen LogP contribution is -2.26. The van der Waals surface area contributed by atoms with Crippen LogP contribution >= 0.6 is 11.6 Å². The molecule has 0 unspecified atom stereocenters. The summed E-state index contributed by atoms with van der Waals surface area (Å²) >= 11 is 6.00. The van der Waals surface area contributed by atoms with E-state index >= 15 is 0 Å². The van der Waals surface area contributed by atoms with Crippen molar-refractivity contribution in [2.45, 2.75) is 26.3 Å². The summed E-state index contributed by atoms with van der Waals surface area (Å²) in [5.41, 5.74) is 3.75. The molecule has 126 valence electrons. The Kier molecular flexibility index (Phi) is 3.51. The number of hydrogen-bond donors (Lipinski definition) is 1. The van der Waals surface area contributed by atoms with Crippen molar-refractivity contribution in [3.05, 3.63) is 64.7 Å². The van der Waals surface area contributed by atoms with Gasteiger partial charge in [-0.15, -0.1) is 0 Å². The molecular formula is C21H18ClNO2. The molecule has 0 atom stereocenters. The zero-order chi connectivity index (χ0) is 17.8. The third-order valence-corrected chi connectivity index (χ3v) is 4.42. The van der Waals surface area contributed by atoms with Gasteiger partial charge in [0.05, 0.1) is 11.1 Å². The van der Waals surface area contributed by atoms with Gasteiger partial charge in [0.1, 0.15) is 5.76 Å². The van der Waals surface area contributed by atoms with E-state index in [0.717, 1.165) is 22.3 Å². The second-order valence-electron chi connectivity index (χ2n) is 7.27. The number of benzene rings is 2. The maximum atomic E-state index is 13.0. The number of furan rings is 1. The molecule has 0 amide bonds. The van der Waals surface area contributed by atoms with Gasteiger partial charge in [-0.05, 0) is 50.6 Å². The van der Waals surface area contributed by atoms with Crippen molar-refractivity contribution in [1.29, 1.82) is 0 Å². The van der Waals surface area contributed by atoms with Gasteiger partial charge in [0, 0.05) is 21.7 Å². The van der Waals surface area contributed by atoms with Crippen molar-refractivity contribution in [3.8, 4) is 22.5 Å². The average Bonchev–Trinajstić information content (AvgIpc) is 3.05. The molecule has 1 heterocycles. The highest BCUT2D eigenvalue weighted by molar-refractivity contribution is 6.30. The van der Waals surface area contributed by atoms with E-state index in [0.29, 0.717) is 22.2 Å². The third kappa shape index (κ3) is 2.65. The minimum absolute atomic E-state index is 0.00117. The molecule has 2 aromatic carbocycles. The first-order chi connectivity index (χ1) is 11.8. The van der Waals surface area contributed by atoms with Crippen molar-refractivity contribution in [2.75, 3.05) is 5.32 Å². The van der Waals surface area contributed by atoms with Gasteiger partial charge in [0.25, 0.3) is 0 Å². The zero-order valence-corrected chi connectivity index (χ0v) is 15.1. The standard InChI is InChI=1S/C21H18ClNO2/c1-21(2,3)23-20-16-14-6-4-5-7-15(14)18(24)17(16)19(25-20)12-8-10-13(22)11-9-12/h4-11,23H,1-3H3. The molecular weight excluding hydrogens is 334 g/mol. The summed E-state index contributed by atoms with van der Waals surface area (Å²) in [4.78, 5) is 13.0. The first kappa shape index (κ1) is 16.0. The molecule has 0 saturated carbocycles. The molecule has 1 aliphatic rings. The predicted octanol–water partition coefficient (Wildman–Crippen LogP) is 6.02. The summed E-state index contributed by atoms with van der Waals surface area (Å²) in [5.74, 6) is 1.21. The number of rotatable bonds is 2. The number of anilines is 1. The molecule has 0 saturated heterocycles. The van der Waals surface area contributed by atoms with E-state index in [1.165, 1.54) is 0 Å². The highest BCUT2D eigenvalue weighted by Gasteiger charge is 2.36. The molecule has 0 fully saturated rings. The van der Waals surface area contributed by atoms with Gasteiger partial charge in [-0.3, -0.25) is 4.79 Å². The van der Waals surface area contributed by atoms with Crippen molar-refractivity contribution in [2.24, 2.45) is 0 Å². The smallest absolute Gasteiger partial charge is 0.202 e. The molecule has 0 bridgehead atoms. The molecule has 25 heavy (non-hydrogen) atoms. The number of fused-ring (bicyclic) bond motifs is 3. The fourth-order valence-electron chi connectivity index (χ4n) is 3.17. The van der Waals surface area contributed by atoms with E-state index in [9.17, 15) is 4.79 Å². The Hall–Kier alpha value is -2.52. The van der Waals surface area contributed by atoms with Gasteiger partial charge in [0.2, 0.25) is 5.88 Å². The van der Waals surface area contributed by atoms with Gasteiger partial charge in [-0.25, -0.2) is 0 Å². The molecule has 1 aromatic heterocycles. The summed E-state index contributed by atoms with van der Waals surface area (Å²) in [6.45, 7) is 6.19. The van der Waals surface area contributed by atoms with Crippen molar-refractivity contribution in [1.82, 2.24) is 0 Å². The maximum Gasteiger partial charge on any atom is 0.202 e. The average molecular weight is 352 g/mol. The first-order valence-electron chi connectivity index (χ1n) is 8.20. The molecule has 0 spiro atoms. The monoisotopic (exact) mass is 351 g/mol. The molecule has 0 radical (unpaired) electrons. The largest absolute Gasteiger partial charge is 0.439 e. The Morgan fingerprint density at radius 3 is 2.20 bits per heavy atom. The predicted molar refractivity (Wildman–Crippen MR) is 101 cm³/mol. The van der Waals surface area contributed by atoms with Crippen LogP contribution in [0.2, 0.25) is 5.02 Å². The molecule has 3 nitrogen and oxygen atoms in total. The van der Waals surface area contributed by atoms with E-state index in [2.05, 4.69) is 26.1 Å². The van der Waals surface area contributed by atoms with Crippen LogP contribution in [0.4, 0.5) is 5.88 Å². The van der Waals surface area contributed by atoms with Crippen molar-refractivity contribution in [3.63, 3.8) is 0 Å². The maximum absolute atomic E-state index is 13.0. The summed E-state index contributed by atoms with van der Waals surface area (Å²) < 4.78 is 6.14. The normalized spacial score (nSPS) is 12.9. The van der Waals surface area contributed by atoms with Crippen LogP contribution in [0.1, 0.15) is 36.7 Å². The molecule has 3 aromatic rings. The third-order valence-electron chi connectivity index (χ3n) is 4.17. The Morgan fingerprint density at radius 2 is 1.56 bits per heavy atom. The highest BCUT2D eigenvalue weighted by atomic mass is 35.5. The van der Waals surface area contributed by atoms with E-state index in [-0.39, 0.29) is 11.3 Å². The van der Waals surface area contributed by atoms with Crippen LogP contribution < -0.4 is 5.32 Å². The molecule has 0 aliphatic heterocycles. The van der Waals surface area contributed by atoms with Crippen LogP contribution in [0, 0.1) is 0 Å². The van der Waals surface area contributed by atoms with Crippen molar-refractivity contribution >= 4 is 23.3 Å². The number of carbonyl (C=O) groups excluding carboxylic acids is 1. The lowest BCUT2D eigenvalue weighted by molar-refractivity contribution is 0.104. The van der Waals surface area contributed by atoms with Gasteiger partial charge < -0.3 is 9.73 Å². The van der Waals surface area contributed by atoms with Crippen LogP contribution in [0.15, 0.2) is 52.9 Å². The lowest BCUT2D eigenvalue weighted by atomic mass is 10.0. The highest BCUT2D eigenvalue weighted by Crippen LogP contribution is 2.48. The topological polar surface area (TPSA) is 42.2 Å². The van der Waals surface area contributed by atoms with Gasteiger partial charge in [-0.2, -0.15) is 0 Å². The van der Waals surface area contributed by atoms with Crippen LogP contribution in [0.3, 0.4) is 0 Å².